The van der Waals surface area contributed by atoms with E-state index < -0.39 is 39.2 Å². The second-order valence-corrected chi connectivity index (χ2v) is 13.6. The number of phenols is 1. The van der Waals surface area contributed by atoms with Gasteiger partial charge in [-0.3, -0.25) is 14.3 Å². The number of aromatic nitrogens is 2. The normalized spacial score (nSPS) is 17.6. The van der Waals surface area contributed by atoms with E-state index in [1.54, 1.807) is 66.3 Å². The first kappa shape index (κ1) is 30.8. The summed E-state index contributed by atoms with van der Waals surface area (Å²) in [6.07, 6.45) is 2.93. The number of amides is 2. The number of aryl methyl sites for hydroxylation is 1. The van der Waals surface area contributed by atoms with E-state index in [1.807, 2.05) is 18.3 Å². The van der Waals surface area contributed by atoms with Crippen LogP contribution in [0.1, 0.15) is 24.4 Å². The Kier molecular flexibility index (Phi) is 8.65. The molecule has 234 valence electrons. The summed E-state index contributed by atoms with van der Waals surface area (Å²) in [7, 11) is -1.93. The van der Waals surface area contributed by atoms with Gasteiger partial charge in [-0.2, -0.15) is 9.82 Å². The molecule has 1 saturated carbocycles. The number of aromatic hydroxyl groups is 1. The Morgan fingerprint density at radius 1 is 1.04 bits per heavy atom. The van der Waals surface area contributed by atoms with Gasteiger partial charge in [0.15, 0.2) is 0 Å². The zero-order valence-electron chi connectivity index (χ0n) is 24.4. The summed E-state index contributed by atoms with van der Waals surface area (Å²) >= 11 is 6.18. The van der Waals surface area contributed by atoms with E-state index in [4.69, 9.17) is 16.3 Å². The molecule has 2 fully saturated rings. The van der Waals surface area contributed by atoms with Crippen molar-refractivity contribution in [2.24, 2.45) is 7.05 Å². The molecule has 6 rings (SSSR count). The summed E-state index contributed by atoms with van der Waals surface area (Å²) in [5, 5.41) is 17.8. The first-order valence-electron chi connectivity index (χ1n) is 14.5. The number of hydrogen-bond acceptors (Lipinski definition) is 7. The van der Waals surface area contributed by atoms with Crippen LogP contribution in [0.25, 0.3) is 22.4 Å². The molecule has 1 aliphatic heterocycles. The minimum absolute atomic E-state index is 0.0330. The number of benzene rings is 3. The molecule has 2 atom stereocenters. The highest BCUT2D eigenvalue weighted by atomic mass is 35.5. The Morgan fingerprint density at radius 2 is 1.78 bits per heavy atom. The fourth-order valence-electron chi connectivity index (χ4n) is 5.35. The minimum Gasteiger partial charge on any atom is -0.507 e. The maximum atomic E-state index is 13.9. The van der Waals surface area contributed by atoms with Gasteiger partial charge in [0.05, 0.1) is 18.5 Å². The number of nitrogens with one attached hydrogen (secondary N) is 2. The maximum Gasteiger partial charge on any atom is 0.249 e. The predicted molar refractivity (Wildman–Crippen MR) is 170 cm³/mol. The van der Waals surface area contributed by atoms with Crippen molar-refractivity contribution in [3.63, 3.8) is 0 Å². The van der Waals surface area contributed by atoms with E-state index in [9.17, 15) is 23.1 Å². The first-order valence-corrected chi connectivity index (χ1v) is 16.4. The van der Waals surface area contributed by atoms with Crippen molar-refractivity contribution < 1.29 is 27.9 Å². The smallest absolute Gasteiger partial charge is 0.249 e. The van der Waals surface area contributed by atoms with Crippen molar-refractivity contribution in [3.05, 3.63) is 89.6 Å². The van der Waals surface area contributed by atoms with Crippen molar-refractivity contribution in [2.75, 3.05) is 25.1 Å². The molecular weight excluding hydrogens is 618 g/mol. The van der Waals surface area contributed by atoms with Crippen molar-refractivity contribution in [2.45, 2.75) is 30.2 Å². The monoisotopic (exact) mass is 649 g/mol. The standard InChI is InChI=1S/C32H32ClN5O6S/c1-37-18-26(30(35-37)25-17-22(33)9-14-28(25)39)20-7-10-23(11-8-20)34-31(40)27-19-44-16-15-38(27)32(41)29(21-5-3-2-4-6-21)36-45(42,43)24-12-13-24/h2-11,14,17-18,24,27,29,36,39H,12-13,15-16,19H2,1H3,(H,34,40)/t27-,29+/m0/s1. The number of phenolic OH excluding ortho intramolecular Hbond substituents is 1. The van der Waals surface area contributed by atoms with Gasteiger partial charge < -0.3 is 20.1 Å². The second kappa shape index (κ2) is 12.6. The molecule has 11 nitrogen and oxygen atoms in total. The van der Waals surface area contributed by atoms with Gasteiger partial charge >= 0.3 is 0 Å². The molecule has 0 unspecified atom stereocenters. The van der Waals surface area contributed by atoms with Crippen molar-refractivity contribution in [1.29, 1.82) is 0 Å². The average molecular weight is 650 g/mol. The predicted octanol–water partition coefficient (Wildman–Crippen LogP) is 4.10. The molecule has 13 heteroatoms. The largest absolute Gasteiger partial charge is 0.507 e. The van der Waals surface area contributed by atoms with Crippen molar-refractivity contribution >= 4 is 39.1 Å². The third kappa shape index (κ3) is 6.74. The third-order valence-electron chi connectivity index (χ3n) is 7.85. The van der Waals surface area contributed by atoms with Gasteiger partial charge in [-0.15, -0.1) is 0 Å². The lowest BCUT2D eigenvalue weighted by Gasteiger charge is -2.37. The summed E-state index contributed by atoms with van der Waals surface area (Å²) in [4.78, 5) is 28.8. The lowest BCUT2D eigenvalue weighted by atomic mass is 10.0. The van der Waals surface area contributed by atoms with Crippen LogP contribution in [-0.4, -0.2) is 71.1 Å². The quantitative estimate of drug-likeness (QED) is 0.248. The Hall–Kier alpha value is -4.23. The maximum absolute atomic E-state index is 13.9. The van der Waals surface area contributed by atoms with Crippen LogP contribution in [0, 0.1) is 0 Å². The van der Waals surface area contributed by atoms with Crippen LogP contribution < -0.4 is 10.0 Å². The summed E-state index contributed by atoms with van der Waals surface area (Å²) in [6.45, 7) is 0.315. The Bertz CT molecular complexity index is 1830. The van der Waals surface area contributed by atoms with Gasteiger partial charge in [0.25, 0.3) is 0 Å². The zero-order chi connectivity index (χ0) is 31.7. The van der Waals surface area contributed by atoms with Gasteiger partial charge in [0, 0.05) is 41.6 Å². The van der Waals surface area contributed by atoms with Crippen LogP contribution in [0.3, 0.4) is 0 Å². The average Bonchev–Trinajstić information content (AvgIpc) is 3.84. The van der Waals surface area contributed by atoms with Gasteiger partial charge in [-0.1, -0.05) is 54.1 Å². The van der Waals surface area contributed by atoms with Gasteiger partial charge in [-0.25, -0.2) is 8.42 Å². The number of halogens is 1. The zero-order valence-corrected chi connectivity index (χ0v) is 26.0. The van der Waals surface area contributed by atoms with Crippen LogP contribution in [0.15, 0.2) is 79.0 Å². The van der Waals surface area contributed by atoms with E-state index >= 15 is 0 Å². The highest BCUT2D eigenvalue weighted by Crippen LogP contribution is 2.37. The summed E-state index contributed by atoms with van der Waals surface area (Å²) < 4.78 is 35.6. The second-order valence-electron chi connectivity index (χ2n) is 11.1. The summed E-state index contributed by atoms with van der Waals surface area (Å²) in [5.41, 5.74) is 3.58. The number of morpholine rings is 1. The molecule has 1 saturated heterocycles. The molecule has 0 radical (unpaired) electrons. The molecule has 0 bridgehead atoms. The van der Waals surface area contributed by atoms with E-state index in [0.29, 0.717) is 40.4 Å². The Morgan fingerprint density at radius 3 is 2.49 bits per heavy atom. The number of rotatable bonds is 9. The number of carbonyl (C=O) groups is 2. The molecule has 45 heavy (non-hydrogen) atoms. The molecule has 2 amide bonds. The van der Waals surface area contributed by atoms with Gasteiger partial charge in [0.1, 0.15) is 23.5 Å². The molecule has 1 aliphatic carbocycles. The van der Waals surface area contributed by atoms with E-state index in [1.165, 1.54) is 11.0 Å². The molecule has 4 aromatic rings. The van der Waals surface area contributed by atoms with Gasteiger partial charge in [0.2, 0.25) is 21.8 Å². The van der Waals surface area contributed by atoms with E-state index in [-0.39, 0.29) is 25.5 Å². The van der Waals surface area contributed by atoms with Crippen LogP contribution in [0.2, 0.25) is 5.02 Å². The molecule has 2 heterocycles. The number of nitrogens with zero attached hydrogens (tertiary/aromatic N) is 3. The van der Waals surface area contributed by atoms with E-state index in [0.717, 1.165) is 11.1 Å². The molecule has 3 N–H and O–H groups in total. The number of carbonyl (C=O) groups excluding carboxylic acids is 2. The lowest BCUT2D eigenvalue weighted by molar-refractivity contribution is -0.147. The highest BCUT2D eigenvalue weighted by molar-refractivity contribution is 7.90. The summed E-state index contributed by atoms with van der Waals surface area (Å²) in [6, 6.07) is 18.4. The Labute approximate surface area is 265 Å². The summed E-state index contributed by atoms with van der Waals surface area (Å²) in [5.74, 6) is -0.928. The van der Waals surface area contributed by atoms with E-state index in [2.05, 4.69) is 15.1 Å². The number of anilines is 1. The number of sulfonamides is 1. The third-order valence-corrected chi connectivity index (χ3v) is 9.99. The minimum atomic E-state index is -3.71. The van der Waals surface area contributed by atoms with Gasteiger partial charge in [-0.05, 0) is 54.3 Å². The van der Waals surface area contributed by atoms with Crippen LogP contribution in [0.4, 0.5) is 5.69 Å². The van der Waals surface area contributed by atoms with Crippen molar-refractivity contribution in [1.82, 2.24) is 19.4 Å². The van der Waals surface area contributed by atoms with Crippen LogP contribution >= 0.6 is 11.6 Å². The van der Waals surface area contributed by atoms with Crippen LogP contribution in [-0.2, 0) is 31.4 Å². The first-order chi connectivity index (χ1) is 21.6. The molecule has 3 aromatic carbocycles. The molecule has 0 spiro atoms. The lowest BCUT2D eigenvalue weighted by Crippen LogP contribution is -2.57. The fourth-order valence-corrected chi connectivity index (χ4v) is 7.04. The fraction of sp³-hybridized carbons (Fsp3) is 0.281. The highest BCUT2D eigenvalue weighted by Gasteiger charge is 2.42. The Balaban J connectivity index is 1.21. The molecule has 1 aromatic heterocycles. The molecule has 2 aliphatic rings. The number of ether oxygens (including phenoxy) is 1. The SMILES string of the molecule is Cn1cc(-c2ccc(NC(=O)[C@@H]3COCCN3C(=O)[C@H](NS(=O)(=O)C3CC3)c3ccccc3)cc2)c(-c2cc(Cl)ccc2O)n1. The van der Waals surface area contributed by atoms with Crippen LogP contribution in [0.5, 0.6) is 5.75 Å². The van der Waals surface area contributed by atoms with Crippen molar-refractivity contribution in [3.8, 4) is 28.1 Å². The molecular formula is C32H32ClN5O6S. The topological polar surface area (TPSA) is 143 Å². The number of hydrogen-bond donors (Lipinski definition) is 3.